The van der Waals surface area contributed by atoms with E-state index in [0.717, 1.165) is 0 Å². The highest BCUT2D eigenvalue weighted by atomic mass is 14.9. The average Bonchev–Trinajstić information content (AvgIpc) is 3.15. The topological polar surface area (TPSA) is 28.7 Å². The fraction of sp³-hybridized carbons (Fsp3) is 0.278. The van der Waals surface area contributed by atoms with Crippen LogP contribution in [0, 0.1) is 0 Å². The van der Waals surface area contributed by atoms with Crippen molar-refractivity contribution in [1.29, 1.82) is 0 Å². The molecule has 0 amide bonds. The van der Waals surface area contributed by atoms with Crippen molar-refractivity contribution in [3.63, 3.8) is 0 Å². The largest absolute Gasteiger partial charge is 0.348 e. The molecule has 2 aromatic rings. The van der Waals surface area contributed by atoms with E-state index in [4.69, 9.17) is 0 Å². The van der Waals surface area contributed by atoms with Crippen LogP contribution in [0.25, 0.3) is 0 Å². The molecule has 1 N–H and O–H groups in total. The van der Waals surface area contributed by atoms with Gasteiger partial charge in [0.2, 0.25) is 0 Å². The van der Waals surface area contributed by atoms with Crippen LogP contribution >= 0.6 is 0 Å². The van der Waals surface area contributed by atoms with Gasteiger partial charge < -0.3 is 4.98 Å². The number of aromatic amines is 1. The number of hydrogen-bond donors (Lipinski definition) is 1. The van der Waals surface area contributed by atoms with Crippen molar-refractivity contribution >= 4 is 0 Å². The molecular formula is C18H18N2. The zero-order valence-electron chi connectivity index (χ0n) is 11.4. The lowest BCUT2D eigenvalue weighted by Crippen LogP contribution is -2.01. The molecule has 1 aromatic heterocycles. The summed E-state index contributed by atoms with van der Waals surface area (Å²) in [4.78, 5) is 7.49. The first-order valence-corrected chi connectivity index (χ1v) is 7.36. The van der Waals surface area contributed by atoms with Crippen LogP contribution in [-0.4, -0.2) is 9.97 Å². The number of rotatable bonds is 2. The highest BCUT2D eigenvalue weighted by Gasteiger charge is 2.34. The minimum atomic E-state index is 0.463. The number of H-pyrrole nitrogens is 1. The summed E-state index contributed by atoms with van der Waals surface area (Å²) in [5.74, 6) is 1.04. The molecule has 0 fully saturated rings. The number of imidazole rings is 1. The molecule has 0 aliphatic heterocycles. The molecule has 0 bridgehead atoms. The van der Waals surface area contributed by atoms with E-state index in [9.17, 15) is 0 Å². The van der Waals surface area contributed by atoms with E-state index in [2.05, 4.69) is 52.5 Å². The van der Waals surface area contributed by atoms with E-state index in [1.54, 1.807) is 11.9 Å². The quantitative estimate of drug-likeness (QED) is 0.858. The smallest absolute Gasteiger partial charge is 0.0921 e. The predicted octanol–water partition coefficient (Wildman–Crippen LogP) is 4.31. The molecule has 0 saturated heterocycles. The lowest BCUT2D eigenvalue weighted by atomic mass is 9.87. The molecule has 0 saturated carbocycles. The van der Waals surface area contributed by atoms with Gasteiger partial charge in [0.05, 0.1) is 6.33 Å². The Morgan fingerprint density at radius 1 is 1.10 bits per heavy atom. The van der Waals surface area contributed by atoms with Gasteiger partial charge >= 0.3 is 0 Å². The molecule has 100 valence electrons. The number of nitrogens with one attached hydrogen (secondary N) is 1. The van der Waals surface area contributed by atoms with E-state index >= 15 is 0 Å². The first-order valence-electron chi connectivity index (χ1n) is 7.36. The van der Waals surface area contributed by atoms with E-state index in [0.29, 0.717) is 11.8 Å². The highest BCUT2D eigenvalue weighted by Crippen LogP contribution is 2.48. The van der Waals surface area contributed by atoms with Crippen LogP contribution in [0.5, 0.6) is 0 Å². The molecule has 1 heterocycles. The van der Waals surface area contributed by atoms with Crippen molar-refractivity contribution in [3.05, 3.63) is 77.4 Å². The van der Waals surface area contributed by atoms with Crippen LogP contribution in [0.15, 0.2) is 60.6 Å². The molecule has 2 heteroatoms. The first kappa shape index (κ1) is 11.7. The van der Waals surface area contributed by atoms with E-state index in [-0.39, 0.29) is 0 Å². The van der Waals surface area contributed by atoms with E-state index < -0.39 is 0 Å². The highest BCUT2D eigenvalue weighted by molar-refractivity contribution is 5.47. The minimum absolute atomic E-state index is 0.463. The second-order valence-electron chi connectivity index (χ2n) is 5.69. The van der Waals surface area contributed by atoms with Crippen molar-refractivity contribution in [2.45, 2.75) is 31.1 Å². The minimum Gasteiger partial charge on any atom is -0.348 e. The third-order valence-corrected chi connectivity index (χ3v) is 4.61. The van der Waals surface area contributed by atoms with Crippen LogP contribution in [0.2, 0.25) is 0 Å². The lowest BCUT2D eigenvalue weighted by Gasteiger charge is -2.18. The normalized spacial score (nSPS) is 24.5. The summed E-state index contributed by atoms with van der Waals surface area (Å²) < 4.78 is 0. The van der Waals surface area contributed by atoms with Crippen LogP contribution in [0.3, 0.4) is 0 Å². The van der Waals surface area contributed by atoms with Gasteiger partial charge in [0.25, 0.3) is 0 Å². The molecule has 4 rings (SSSR count). The Morgan fingerprint density at radius 3 is 2.65 bits per heavy atom. The number of aromatic nitrogens is 2. The summed E-state index contributed by atoms with van der Waals surface area (Å²) in [5.41, 5.74) is 5.81. The van der Waals surface area contributed by atoms with Crippen LogP contribution in [-0.2, 0) is 0 Å². The van der Waals surface area contributed by atoms with E-state index in [1.807, 2.05) is 6.20 Å². The van der Waals surface area contributed by atoms with Crippen LogP contribution in [0.1, 0.15) is 47.9 Å². The first-order chi connectivity index (χ1) is 9.93. The van der Waals surface area contributed by atoms with Crippen LogP contribution < -0.4 is 0 Å². The molecule has 0 spiro atoms. The summed E-state index contributed by atoms with van der Waals surface area (Å²) in [6.45, 7) is 0. The summed E-state index contributed by atoms with van der Waals surface area (Å²) >= 11 is 0. The van der Waals surface area contributed by atoms with Gasteiger partial charge in [0, 0.05) is 23.7 Å². The lowest BCUT2D eigenvalue weighted by molar-refractivity contribution is 0.668. The second-order valence-corrected chi connectivity index (χ2v) is 5.69. The van der Waals surface area contributed by atoms with Gasteiger partial charge in [-0.2, -0.15) is 0 Å². The number of fused-ring (bicyclic) bond motifs is 1. The summed E-state index contributed by atoms with van der Waals surface area (Å²) in [7, 11) is 0. The fourth-order valence-corrected chi connectivity index (χ4v) is 3.65. The zero-order chi connectivity index (χ0) is 13.4. The number of nitrogens with zero attached hydrogens (tertiary/aromatic N) is 1. The molecule has 2 atom stereocenters. The third kappa shape index (κ3) is 1.83. The molecule has 0 radical (unpaired) electrons. The maximum Gasteiger partial charge on any atom is 0.0921 e. The SMILES string of the molecule is C1=CCCC(C2CC(c3cnc[nH]3)c3ccccc32)=C1. The number of allylic oxidation sites excluding steroid dienone is 4. The molecule has 2 unspecified atom stereocenters. The van der Waals surface area contributed by atoms with Gasteiger partial charge in [-0.25, -0.2) is 4.98 Å². The Hall–Kier alpha value is -2.09. The van der Waals surface area contributed by atoms with Gasteiger partial charge in [-0.05, 0) is 30.4 Å². The maximum atomic E-state index is 4.20. The number of hydrogen-bond acceptors (Lipinski definition) is 1. The Bertz CT molecular complexity index is 664. The molecule has 2 aliphatic carbocycles. The monoisotopic (exact) mass is 262 g/mol. The summed E-state index contributed by atoms with van der Waals surface area (Å²) in [5, 5.41) is 0. The standard InChI is InChI=1S/C18H18N2/c1-2-6-13(7-3-1)16-10-17(18-11-19-12-20-18)15-9-5-4-8-14(15)16/h1-2,4-6,8-9,11-12,16-17H,3,7,10H2,(H,19,20). The maximum absolute atomic E-state index is 4.20. The summed E-state index contributed by atoms with van der Waals surface area (Å²) in [6, 6.07) is 8.90. The van der Waals surface area contributed by atoms with Gasteiger partial charge in [-0.15, -0.1) is 0 Å². The molecule has 2 aliphatic rings. The molecule has 1 aromatic carbocycles. The predicted molar refractivity (Wildman–Crippen MR) is 80.7 cm³/mol. The van der Waals surface area contributed by atoms with E-state index in [1.165, 1.54) is 36.1 Å². The van der Waals surface area contributed by atoms with Crippen molar-refractivity contribution in [3.8, 4) is 0 Å². The van der Waals surface area contributed by atoms with Crippen molar-refractivity contribution < 1.29 is 0 Å². The van der Waals surface area contributed by atoms with Gasteiger partial charge in [0.15, 0.2) is 0 Å². The fourth-order valence-electron chi connectivity index (χ4n) is 3.65. The second kappa shape index (κ2) is 4.78. The van der Waals surface area contributed by atoms with Crippen molar-refractivity contribution in [2.75, 3.05) is 0 Å². The molecule has 20 heavy (non-hydrogen) atoms. The third-order valence-electron chi connectivity index (χ3n) is 4.61. The van der Waals surface area contributed by atoms with Crippen LogP contribution in [0.4, 0.5) is 0 Å². The summed E-state index contributed by atoms with van der Waals surface area (Å²) in [6.07, 6.45) is 14.1. The van der Waals surface area contributed by atoms with Gasteiger partial charge in [-0.1, -0.05) is 48.1 Å². The van der Waals surface area contributed by atoms with Crippen molar-refractivity contribution in [2.24, 2.45) is 0 Å². The average molecular weight is 262 g/mol. The molecular weight excluding hydrogens is 244 g/mol. The molecule has 2 nitrogen and oxygen atoms in total. The van der Waals surface area contributed by atoms with Gasteiger partial charge in [-0.3, -0.25) is 0 Å². The Labute approximate surface area is 119 Å². The number of benzene rings is 1. The Balaban J connectivity index is 1.77. The Morgan fingerprint density at radius 2 is 1.95 bits per heavy atom. The van der Waals surface area contributed by atoms with Crippen molar-refractivity contribution in [1.82, 2.24) is 9.97 Å². The zero-order valence-corrected chi connectivity index (χ0v) is 11.4. The van der Waals surface area contributed by atoms with Gasteiger partial charge in [0.1, 0.15) is 0 Å². The Kier molecular flexibility index (Phi) is 2.80.